The summed E-state index contributed by atoms with van der Waals surface area (Å²) in [5.41, 5.74) is 6.28. The van der Waals surface area contributed by atoms with Gasteiger partial charge in [0.1, 0.15) is 11.5 Å². The van der Waals surface area contributed by atoms with Crippen LogP contribution in [0.25, 0.3) is 20.5 Å². The fraction of sp³-hybridized carbons (Fsp3) is 0.286. The van der Waals surface area contributed by atoms with E-state index in [1.165, 1.54) is 63.1 Å². The number of hydrogen-bond acceptors (Lipinski definition) is 4. The van der Waals surface area contributed by atoms with E-state index in [-0.39, 0.29) is 0 Å². The lowest BCUT2D eigenvalue weighted by Crippen LogP contribution is -2.18. The normalized spacial score (nSPS) is 14.3. The van der Waals surface area contributed by atoms with Gasteiger partial charge in [-0.25, -0.2) is 0 Å². The van der Waals surface area contributed by atoms with Gasteiger partial charge in [-0.2, -0.15) is 0 Å². The Morgan fingerprint density at radius 2 is 1.75 bits per heavy atom. The highest BCUT2D eigenvalue weighted by molar-refractivity contribution is 7.22. The average molecular weight is 444 g/mol. The van der Waals surface area contributed by atoms with Gasteiger partial charge < -0.3 is 9.84 Å². The number of likely N-dealkylation sites (tertiary alicyclic amines) is 1. The van der Waals surface area contributed by atoms with Crippen LogP contribution in [0.5, 0.6) is 11.5 Å². The number of rotatable bonds is 6. The summed E-state index contributed by atoms with van der Waals surface area (Å²) in [6.45, 7) is 5.47. The molecule has 0 bridgehead atoms. The first-order chi connectivity index (χ1) is 15.6. The molecule has 1 aliphatic heterocycles. The molecule has 1 fully saturated rings. The summed E-state index contributed by atoms with van der Waals surface area (Å²) >= 11 is 1.83. The van der Waals surface area contributed by atoms with E-state index < -0.39 is 0 Å². The van der Waals surface area contributed by atoms with Crippen LogP contribution in [0.1, 0.15) is 35.1 Å². The van der Waals surface area contributed by atoms with Gasteiger partial charge >= 0.3 is 0 Å². The third-order valence-corrected chi connectivity index (χ3v) is 7.65. The quantitative estimate of drug-likeness (QED) is 0.357. The summed E-state index contributed by atoms with van der Waals surface area (Å²) in [5.74, 6) is 1.28. The smallest absolute Gasteiger partial charge is 0.123 e. The first-order valence-corrected chi connectivity index (χ1v) is 12.1. The summed E-state index contributed by atoms with van der Waals surface area (Å²) in [7, 11) is 1.78. The highest BCUT2D eigenvalue weighted by Crippen LogP contribution is 2.41. The lowest BCUT2D eigenvalue weighted by atomic mass is 9.97. The van der Waals surface area contributed by atoms with Crippen molar-refractivity contribution >= 4 is 21.4 Å². The molecule has 3 aromatic carbocycles. The molecule has 164 valence electrons. The molecule has 1 saturated heterocycles. The van der Waals surface area contributed by atoms with E-state index in [2.05, 4.69) is 48.2 Å². The standard InChI is InChI=1S/C28H29NO2S/c1-19-5-12-24-25(28(32-27(24)15-19)21-8-10-23(30)11-9-21)16-20-6-7-22(26(17-20)31-2)18-29-13-3-4-14-29/h5-12,15,17,30H,3-4,13-14,16,18H2,1-2H3. The molecular formula is C28H29NO2S. The van der Waals surface area contributed by atoms with Crippen LogP contribution in [0.3, 0.4) is 0 Å². The van der Waals surface area contributed by atoms with Crippen LogP contribution in [0.2, 0.25) is 0 Å². The number of methoxy groups -OCH3 is 1. The van der Waals surface area contributed by atoms with Crippen molar-refractivity contribution < 1.29 is 9.84 Å². The first kappa shape index (κ1) is 21.0. The molecular weight excluding hydrogens is 414 g/mol. The van der Waals surface area contributed by atoms with Gasteiger partial charge in [0.25, 0.3) is 0 Å². The number of phenolic OH excluding ortho intramolecular Hbond substituents is 1. The summed E-state index contributed by atoms with van der Waals surface area (Å²) in [6, 6.07) is 21.0. The number of fused-ring (bicyclic) bond motifs is 1. The maximum absolute atomic E-state index is 9.76. The van der Waals surface area contributed by atoms with Gasteiger partial charge in [0.05, 0.1) is 7.11 Å². The fourth-order valence-corrected chi connectivity index (χ4v) is 6.02. The van der Waals surface area contributed by atoms with Crippen molar-refractivity contribution in [1.29, 1.82) is 0 Å². The molecule has 32 heavy (non-hydrogen) atoms. The van der Waals surface area contributed by atoms with Crippen LogP contribution in [-0.4, -0.2) is 30.2 Å². The minimum atomic E-state index is 0.297. The van der Waals surface area contributed by atoms with Crippen molar-refractivity contribution in [2.75, 3.05) is 20.2 Å². The van der Waals surface area contributed by atoms with Gasteiger partial charge in [0.2, 0.25) is 0 Å². The second-order valence-electron chi connectivity index (χ2n) is 8.76. The monoisotopic (exact) mass is 443 g/mol. The molecule has 0 amide bonds. The van der Waals surface area contributed by atoms with Crippen molar-refractivity contribution in [3.05, 3.63) is 82.9 Å². The second-order valence-corrected chi connectivity index (χ2v) is 9.81. The molecule has 1 aromatic heterocycles. The molecule has 4 heteroatoms. The Hall–Kier alpha value is -2.82. The first-order valence-electron chi connectivity index (χ1n) is 11.3. The summed E-state index contributed by atoms with van der Waals surface area (Å²) in [6.07, 6.45) is 3.44. The van der Waals surface area contributed by atoms with Crippen molar-refractivity contribution in [3.63, 3.8) is 0 Å². The van der Waals surface area contributed by atoms with E-state index in [9.17, 15) is 5.11 Å². The number of nitrogens with zero attached hydrogens (tertiary/aromatic N) is 1. The number of hydrogen-bond donors (Lipinski definition) is 1. The molecule has 0 saturated carbocycles. The topological polar surface area (TPSA) is 32.7 Å². The molecule has 4 aromatic rings. The Morgan fingerprint density at radius 1 is 0.969 bits per heavy atom. The Morgan fingerprint density at radius 3 is 2.50 bits per heavy atom. The predicted molar refractivity (Wildman–Crippen MR) is 134 cm³/mol. The highest BCUT2D eigenvalue weighted by Gasteiger charge is 2.17. The Balaban J connectivity index is 1.52. The number of benzene rings is 3. The summed E-state index contributed by atoms with van der Waals surface area (Å²) in [5, 5.41) is 11.1. The van der Waals surface area contributed by atoms with E-state index in [0.29, 0.717) is 5.75 Å². The molecule has 0 atom stereocenters. The SMILES string of the molecule is COc1cc(Cc2c(-c3ccc(O)cc3)sc3cc(C)ccc23)ccc1CN1CCCC1. The number of thiophene rings is 1. The minimum Gasteiger partial charge on any atom is -0.508 e. The van der Waals surface area contributed by atoms with Crippen LogP contribution < -0.4 is 4.74 Å². The third-order valence-electron chi connectivity index (χ3n) is 6.40. The molecule has 2 heterocycles. The Bertz CT molecular complexity index is 1240. The minimum absolute atomic E-state index is 0.297. The number of aryl methyl sites for hydroxylation is 1. The highest BCUT2D eigenvalue weighted by atomic mass is 32.1. The Kier molecular flexibility index (Phi) is 5.90. The van der Waals surface area contributed by atoms with Crippen molar-refractivity contribution in [1.82, 2.24) is 4.90 Å². The predicted octanol–water partition coefficient (Wildman–Crippen LogP) is 6.78. The maximum Gasteiger partial charge on any atom is 0.123 e. The molecule has 1 N–H and O–H groups in total. The molecule has 0 aliphatic carbocycles. The Labute approximate surface area is 193 Å². The van der Waals surface area contributed by atoms with Gasteiger partial charge in [-0.05, 0) is 103 Å². The molecule has 0 radical (unpaired) electrons. The van der Waals surface area contributed by atoms with Gasteiger partial charge in [-0.3, -0.25) is 4.90 Å². The van der Waals surface area contributed by atoms with Crippen LogP contribution in [0.4, 0.5) is 0 Å². The average Bonchev–Trinajstić information content (AvgIpc) is 3.43. The van der Waals surface area contributed by atoms with Gasteiger partial charge in [0.15, 0.2) is 0 Å². The van der Waals surface area contributed by atoms with Crippen molar-refractivity contribution in [3.8, 4) is 21.9 Å². The summed E-state index contributed by atoms with van der Waals surface area (Å²) < 4.78 is 7.10. The lowest BCUT2D eigenvalue weighted by Gasteiger charge is -2.18. The van der Waals surface area contributed by atoms with Crippen LogP contribution in [-0.2, 0) is 13.0 Å². The third kappa shape index (κ3) is 4.25. The maximum atomic E-state index is 9.76. The fourth-order valence-electron chi connectivity index (χ4n) is 4.69. The van der Waals surface area contributed by atoms with Crippen LogP contribution in [0, 0.1) is 6.92 Å². The number of aromatic hydroxyl groups is 1. The van der Waals surface area contributed by atoms with Crippen molar-refractivity contribution in [2.24, 2.45) is 0 Å². The molecule has 3 nitrogen and oxygen atoms in total. The van der Waals surface area contributed by atoms with Crippen molar-refractivity contribution in [2.45, 2.75) is 32.7 Å². The number of ether oxygens (including phenoxy) is 1. The molecule has 5 rings (SSSR count). The number of phenols is 1. The van der Waals surface area contributed by atoms with Gasteiger partial charge in [-0.1, -0.05) is 24.3 Å². The van der Waals surface area contributed by atoms with E-state index in [1.807, 2.05) is 23.5 Å². The molecule has 0 spiro atoms. The van der Waals surface area contributed by atoms with E-state index in [1.54, 1.807) is 19.2 Å². The van der Waals surface area contributed by atoms with E-state index in [4.69, 9.17) is 4.74 Å². The van der Waals surface area contributed by atoms with E-state index in [0.717, 1.165) is 24.3 Å². The van der Waals surface area contributed by atoms with E-state index >= 15 is 0 Å². The summed E-state index contributed by atoms with van der Waals surface area (Å²) in [4.78, 5) is 3.78. The molecule has 1 aliphatic rings. The van der Waals surface area contributed by atoms with Crippen LogP contribution >= 0.6 is 11.3 Å². The van der Waals surface area contributed by atoms with Gasteiger partial charge in [0, 0.05) is 21.7 Å². The second kappa shape index (κ2) is 8.97. The largest absolute Gasteiger partial charge is 0.508 e. The van der Waals surface area contributed by atoms with Crippen LogP contribution in [0.15, 0.2) is 60.7 Å². The molecule has 0 unspecified atom stereocenters. The zero-order valence-electron chi connectivity index (χ0n) is 18.7. The lowest BCUT2D eigenvalue weighted by molar-refractivity contribution is 0.321. The zero-order valence-corrected chi connectivity index (χ0v) is 19.5. The zero-order chi connectivity index (χ0) is 22.1. The van der Waals surface area contributed by atoms with Gasteiger partial charge in [-0.15, -0.1) is 11.3 Å².